The minimum absolute atomic E-state index is 0.192. The molecule has 3 heteroatoms. The lowest BCUT2D eigenvalue weighted by Crippen LogP contribution is -2.18. The van der Waals surface area contributed by atoms with Gasteiger partial charge >= 0.3 is 0 Å². The van der Waals surface area contributed by atoms with Gasteiger partial charge in [-0.15, -0.1) is 0 Å². The lowest BCUT2D eigenvalue weighted by molar-refractivity contribution is 0.372. The molecule has 110 valence electrons. The van der Waals surface area contributed by atoms with Crippen LogP contribution in [0.5, 0.6) is 11.5 Å². The number of rotatable bonds is 4. The van der Waals surface area contributed by atoms with E-state index in [1.54, 1.807) is 19.2 Å². The Morgan fingerprint density at radius 1 is 1.19 bits per heavy atom. The van der Waals surface area contributed by atoms with Crippen LogP contribution in [-0.4, -0.2) is 12.2 Å². The highest BCUT2D eigenvalue weighted by Gasteiger charge is 2.27. The van der Waals surface area contributed by atoms with Gasteiger partial charge in [0, 0.05) is 12.6 Å². The first-order valence-electron chi connectivity index (χ1n) is 7.37. The summed E-state index contributed by atoms with van der Waals surface area (Å²) in [5.74, 6) is 1.30. The summed E-state index contributed by atoms with van der Waals surface area (Å²) in [7, 11) is 1.56. The topological polar surface area (TPSA) is 41.5 Å². The Balaban J connectivity index is 1.70. The predicted octanol–water partition coefficient (Wildman–Crippen LogP) is 3.74. The van der Waals surface area contributed by atoms with Gasteiger partial charge in [0.1, 0.15) is 0 Å². The molecule has 2 N–H and O–H groups in total. The molecule has 0 heterocycles. The molecule has 0 saturated heterocycles. The van der Waals surface area contributed by atoms with Crippen molar-refractivity contribution >= 4 is 0 Å². The molecule has 0 spiro atoms. The molecule has 0 fully saturated rings. The van der Waals surface area contributed by atoms with Gasteiger partial charge < -0.3 is 15.2 Å². The molecule has 0 saturated carbocycles. The fourth-order valence-corrected chi connectivity index (χ4v) is 3.16. The Bertz CT molecular complexity index is 639. The summed E-state index contributed by atoms with van der Waals surface area (Å²) in [6.07, 6.45) is 1.13. The van der Waals surface area contributed by atoms with Crippen molar-refractivity contribution in [1.82, 2.24) is 5.32 Å². The normalized spacial score (nSPS) is 20.3. The van der Waals surface area contributed by atoms with E-state index in [-0.39, 0.29) is 5.75 Å². The van der Waals surface area contributed by atoms with E-state index in [9.17, 15) is 5.11 Å². The van der Waals surface area contributed by atoms with Crippen molar-refractivity contribution in [3.05, 3.63) is 59.2 Å². The van der Waals surface area contributed by atoms with Gasteiger partial charge in [-0.25, -0.2) is 0 Å². The highest BCUT2D eigenvalue weighted by molar-refractivity contribution is 5.42. The Morgan fingerprint density at radius 2 is 1.95 bits per heavy atom. The lowest BCUT2D eigenvalue weighted by atomic mass is 10.0. The maximum Gasteiger partial charge on any atom is 0.160 e. The Labute approximate surface area is 125 Å². The molecule has 0 amide bonds. The van der Waals surface area contributed by atoms with Crippen LogP contribution in [0.2, 0.25) is 0 Å². The van der Waals surface area contributed by atoms with E-state index < -0.39 is 0 Å². The van der Waals surface area contributed by atoms with E-state index in [1.165, 1.54) is 11.1 Å². The number of methoxy groups -OCH3 is 1. The van der Waals surface area contributed by atoms with Crippen LogP contribution >= 0.6 is 0 Å². The molecular formula is C18H21NO2. The number of nitrogens with one attached hydrogen (secondary N) is 1. The zero-order chi connectivity index (χ0) is 14.8. The molecule has 1 aliphatic carbocycles. The number of fused-ring (bicyclic) bond motifs is 1. The number of phenols is 1. The zero-order valence-electron chi connectivity index (χ0n) is 12.5. The molecular weight excluding hydrogens is 262 g/mol. The summed E-state index contributed by atoms with van der Waals surface area (Å²) >= 11 is 0. The third kappa shape index (κ3) is 2.74. The third-order valence-corrected chi connectivity index (χ3v) is 4.29. The quantitative estimate of drug-likeness (QED) is 0.898. The van der Waals surface area contributed by atoms with Crippen LogP contribution in [0, 0.1) is 0 Å². The molecule has 21 heavy (non-hydrogen) atoms. The number of benzene rings is 2. The van der Waals surface area contributed by atoms with Crippen LogP contribution in [0.25, 0.3) is 0 Å². The van der Waals surface area contributed by atoms with E-state index in [1.807, 2.05) is 6.07 Å². The first-order chi connectivity index (χ1) is 10.2. The Kier molecular flexibility index (Phi) is 3.84. The van der Waals surface area contributed by atoms with Crippen molar-refractivity contribution < 1.29 is 9.84 Å². The molecule has 2 aromatic carbocycles. The van der Waals surface area contributed by atoms with Crippen molar-refractivity contribution in [2.75, 3.05) is 7.11 Å². The van der Waals surface area contributed by atoms with Gasteiger partial charge in [-0.1, -0.05) is 37.3 Å². The average Bonchev–Trinajstić information content (AvgIpc) is 2.82. The summed E-state index contributed by atoms with van der Waals surface area (Å²) in [6, 6.07) is 14.6. The van der Waals surface area contributed by atoms with Gasteiger partial charge in [0.2, 0.25) is 0 Å². The highest BCUT2D eigenvalue weighted by Crippen LogP contribution is 2.39. The van der Waals surface area contributed by atoms with Gasteiger partial charge in [-0.2, -0.15) is 0 Å². The van der Waals surface area contributed by atoms with Gasteiger partial charge in [-0.3, -0.25) is 0 Å². The third-order valence-electron chi connectivity index (χ3n) is 4.29. The molecule has 3 rings (SSSR count). The second-order valence-electron chi connectivity index (χ2n) is 5.71. The summed E-state index contributed by atoms with van der Waals surface area (Å²) < 4.78 is 5.07. The van der Waals surface area contributed by atoms with Crippen LogP contribution in [0.1, 0.15) is 42.0 Å². The summed E-state index contributed by atoms with van der Waals surface area (Å²) in [5, 5.41) is 13.4. The smallest absolute Gasteiger partial charge is 0.160 e. The first kappa shape index (κ1) is 14.0. The summed E-state index contributed by atoms with van der Waals surface area (Å²) in [4.78, 5) is 0. The second-order valence-corrected chi connectivity index (χ2v) is 5.71. The van der Waals surface area contributed by atoms with Crippen LogP contribution in [-0.2, 0) is 6.54 Å². The van der Waals surface area contributed by atoms with Crippen molar-refractivity contribution in [3.63, 3.8) is 0 Å². The zero-order valence-corrected chi connectivity index (χ0v) is 12.5. The molecule has 1 aliphatic rings. The summed E-state index contributed by atoms with van der Waals surface area (Å²) in [5.41, 5.74) is 3.92. The van der Waals surface area contributed by atoms with Crippen LogP contribution in [0.15, 0.2) is 42.5 Å². The molecule has 2 atom stereocenters. The second kappa shape index (κ2) is 5.78. The van der Waals surface area contributed by atoms with Crippen LogP contribution < -0.4 is 10.1 Å². The van der Waals surface area contributed by atoms with Gasteiger partial charge in [0.25, 0.3) is 0 Å². The van der Waals surface area contributed by atoms with Gasteiger partial charge in [0.15, 0.2) is 11.5 Å². The minimum atomic E-state index is 0.192. The SMILES string of the molecule is COc1ccc(CN[C@@H]2C[C@H](C)c3ccccc32)cc1O. The van der Waals surface area contributed by atoms with Crippen molar-refractivity contribution in [1.29, 1.82) is 0 Å². The summed E-state index contributed by atoms with van der Waals surface area (Å²) in [6.45, 7) is 3.02. The Morgan fingerprint density at radius 3 is 2.67 bits per heavy atom. The number of ether oxygens (including phenoxy) is 1. The fraction of sp³-hybridized carbons (Fsp3) is 0.333. The highest BCUT2D eigenvalue weighted by atomic mass is 16.5. The number of aromatic hydroxyl groups is 1. The van der Waals surface area contributed by atoms with Gasteiger partial charge in [0.05, 0.1) is 7.11 Å². The van der Waals surface area contributed by atoms with Crippen molar-refractivity contribution in [2.24, 2.45) is 0 Å². The molecule has 2 aromatic rings. The van der Waals surface area contributed by atoms with Gasteiger partial charge in [-0.05, 0) is 41.2 Å². The van der Waals surface area contributed by atoms with E-state index >= 15 is 0 Å². The van der Waals surface area contributed by atoms with Crippen LogP contribution in [0.3, 0.4) is 0 Å². The van der Waals surface area contributed by atoms with E-state index in [2.05, 4.69) is 36.5 Å². The standard InChI is InChI=1S/C18H21NO2/c1-12-9-16(15-6-4-3-5-14(12)15)19-11-13-7-8-18(21-2)17(20)10-13/h3-8,10,12,16,19-20H,9,11H2,1-2H3/t12-,16+/m0/s1. The monoisotopic (exact) mass is 283 g/mol. The molecule has 3 nitrogen and oxygen atoms in total. The number of hydrogen-bond donors (Lipinski definition) is 2. The maximum absolute atomic E-state index is 9.83. The lowest BCUT2D eigenvalue weighted by Gasteiger charge is -2.15. The number of phenolic OH excluding ortho intramolecular Hbond substituents is 1. The molecule has 0 unspecified atom stereocenters. The maximum atomic E-state index is 9.83. The molecule has 0 aliphatic heterocycles. The largest absolute Gasteiger partial charge is 0.504 e. The van der Waals surface area contributed by atoms with E-state index in [0.717, 1.165) is 18.5 Å². The predicted molar refractivity (Wildman–Crippen MR) is 83.7 cm³/mol. The van der Waals surface area contributed by atoms with E-state index in [4.69, 9.17) is 4.74 Å². The number of hydrogen-bond acceptors (Lipinski definition) is 3. The minimum Gasteiger partial charge on any atom is -0.504 e. The molecule has 0 aromatic heterocycles. The van der Waals surface area contributed by atoms with Crippen molar-refractivity contribution in [2.45, 2.75) is 31.8 Å². The molecule has 0 radical (unpaired) electrons. The van der Waals surface area contributed by atoms with Crippen molar-refractivity contribution in [3.8, 4) is 11.5 Å². The van der Waals surface area contributed by atoms with Crippen LogP contribution in [0.4, 0.5) is 0 Å². The van der Waals surface area contributed by atoms with E-state index in [0.29, 0.717) is 17.7 Å². The Hall–Kier alpha value is -2.00. The first-order valence-corrected chi connectivity index (χ1v) is 7.37. The fourth-order valence-electron chi connectivity index (χ4n) is 3.16. The molecule has 0 bridgehead atoms. The average molecular weight is 283 g/mol.